The zero-order valence-electron chi connectivity index (χ0n) is 16.5. The number of nitrogens with one attached hydrogen (secondary N) is 3. The number of fused-ring (bicyclic) bond motifs is 2. The van der Waals surface area contributed by atoms with Crippen molar-refractivity contribution in [3.05, 3.63) is 66.0 Å². The van der Waals surface area contributed by atoms with Crippen molar-refractivity contribution in [2.75, 3.05) is 6.54 Å². The van der Waals surface area contributed by atoms with Gasteiger partial charge < -0.3 is 10.3 Å². The fourth-order valence-electron chi connectivity index (χ4n) is 3.73. The monoisotopic (exact) mass is 382 g/mol. The molecule has 0 unspecified atom stereocenters. The Balaban J connectivity index is 1.60. The lowest BCUT2D eigenvalue weighted by atomic mass is 10.0. The van der Waals surface area contributed by atoms with E-state index in [1.807, 2.05) is 24.4 Å². The number of hydrogen-bond acceptors (Lipinski definition) is 4. The van der Waals surface area contributed by atoms with Crippen molar-refractivity contribution in [3.8, 4) is 22.6 Å². The normalized spacial score (nSPS) is 11.5. The summed E-state index contributed by atoms with van der Waals surface area (Å²) in [6.07, 6.45) is 3.62. The van der Waals surface area contributed by atoms with E-state index in [9.17, 15) is 0 Å². The Labute approximate surface area is 168 Å². The molecule has 0 aliphatic rings. The summed E-state index contributed by atoms with van der Waals surface area (Å²) >= 11 is 0. The van der Waals surface area contributed by atoms with Crippen LogP contribution < -0.4 is 5.32 Å². The minimum absolute atomic E-state index is 0.818. The van der Waals surface area contributed by atoms with E-state index in [0.717, 1.165) is 57.7 Å². The SMILES string of the molecule is CCNCc1cc(C)cc(-c2ccc3[nH]nc(-c4cc5ccncc5[nH]4)c3n2)c1. The van der Waals surface area contributed by atoms with Crippen LogP contribution in [0.15, 0.2) is 54.9 Å². The fraction of sp³-hybridized carbons (Fsp3) is 0.174. The molecule has 0 aliphatic carbocycles. The minimum Gasteiger partial charge on any atom is -0.352 e. The minimum atomic E-state index is 0.818. The molecule has 6 heteroatoms. The number of aryl methyl sites for hydroxylation is 1. The third-order valence-electron chi connectivity index (χ3n) is 5.10. The number of aromatic nitrogens is 5. The van der Waals surface area contributed by atoms with E-state index in [1.165, 1.54) is 11.1 Å². The van der Waals surface area contributed by atoms with Crippen molar-refractivity contribution in [1.82, 2.24) is 30.5 Å². The molecule has 0 bridgehead atoms. The third kappa shape index (κ3) is 3.28. The van der Waals surface area contributed by atoms with Gasteiger partial charge in [-0.05, 0) is 55.4 Å². The molecule has 144 valence electrons. The Morgan fingerprint density at radius 3 is 2.83 bits per heavy atom. The van der Waals surface area contributed by atoms with Gasteiger partial charge >= 0.3 is 0 Å². The maximum Gasteiger partial charge on any atom is 0.135 e. The van der Waals surface area contributed by atoms with Gasteiger partial charge in [-0.25, -0.2) is 4.98 Å². The highest BCUT2D eigenvalue weighted by molar-refractivity contribution is 5.94. The predicted molar refractivity (Wildman–Crippen MR) is 117 cm³/mol. The maximum absolute atomic E-state index is 4.96. The van der Waals surface area contributed by atoms with Crippen molar-refractivity contribution in [2.45, 2.75) is 20.4 Å². The quantitative estimate of drug-likeness (QED) is 0.415. The van der Waals surface area contributed by atoms with E-state index in [4.69, 9.17) is 4.98 Å². The number of benzene rings is 1. The van der Waals surface area contributed by atoms with E-state index in [-0.39, 0.29) is 0 Å². The second-order valence-electron chi connectivity index (χ2n) is 7.30. The van der Waals surface area contributed by atoms with Gasteiger partial charge in [0.2, 0.25) is 0 Å². The molecule has 0 saturated heterocycles. The summed E-state index contributed by atoms with van der Waals surface area (Å²) < 4.78 is 0. The third-order valence-corrected chi connectivity index (χ3v) is 5.10. The predicted octanol–water partition coefficient (Wildman–Crippen LogP) is 4.59. The summed E-state index contributed by atoms with van der Waals surface area (Å²) in [6.45, 7) is 6.05. The van der Waals surface area contributed by atoms with Crippen LogP contribution in [0, 0.1) is 6.92 Å². The summed E-state index contributed by atoms with van der Waals surface area (Å²) in [5.74, 6) is 0. The van der Waals surface area contributed by atoms with Crippen LogP contribution in [0.2, 0.25) is 0 Å². The topological polar surface area (TPSA) is 82.3 Å². The molecular weight excluding hydrogens is 360 g/mol. The Bertz CT molecular complexity index is 1280. The fourth-order valence-corrected chi connectivity index (χ4v) is 3.73. The molecule has 5 aromatic rings. The zero-order valence-corrected chi connectivity index (χ0v) is 16.5. The average Bonchev–Trinajstić information content (AvgIpc) is 3.35. The number of aromatic amines is 2. The highest BCUT2D eigenvalue weighted by Crippen LogP contribution is 2.29. The lowest BCUT2D eigenvalue weighted by Crippen LogP contribution is -2.11. The number of hydrogen-bond donors (Lipinski definition) is 3. The zero-order chi connectivity index (χ0) is 19.8. The van der Waals surface area contributed by atoms with Crippen molar-refractivity contribution < 1.29 is 0 Å². The number of H-pyrrole nitrogens is 2. The van der Waals surface area contributed by atoms with E-state index >= 15 is 0 Å². The first-order valence-corrected chi connectivity index (χ1v) is 9.81. The Morgan fingerprint density at radius 1 is 1.03 bits per heavy atom. The first-order valence-electron chi connectivity index (χ1n) is 9.81. The van der Waals surface area contributed by atoms with E-state index in [1.54, 1.807) is 6.20 Å². The molecule has 0 saturated carbocycles. The number of pyridine rings is 2. The summed E-state index contributed by atoms with van der Waals surface area (Å²) in [4.78, 5) is 12.5. The van der Waals surface area contributed by atoms with Gasteiger partial charge in [-0.1, -0.05) is 18.6 Å². The summed E-state index contributed by atoms with van der Waals surface area (Å²) in [7, 11) is 0. The van der Waals surface area contributed by atoms with Crippen LogP contribution in [0.4, 0.5) is 0 Å². The van der Waals surface area contributed by atoms with Crippen LogP contribution in [0.1, 0.15) is 18.1 Å². The molecule has 4 heterocycles. The molecule has 5 rings (SSSR count). The van der Waals surface area contributed by atoms with Gasteiger partial charge in [0.05, 0.1) is 28.6 Å². The lowest BCUT2D eigenvalue weighted by Gasteiger charge is -2.08. The number of rotatable bonds is 5. The average molecular weight is 382 g/mol. The van der Waals surface area contributed by atoms with Crippen LogP contribution in [-0.2, 0) is 6.54 Å². The van der Waals surface area contributed by atoms with E-state index in [0.29, 0.717) is 0 Å². The molecule has 1 aromatic carbocycles. The smallest absolute Gasteiger partial charge is 0.135 e. The van der Waals surface area contributed by atoms with Gasteiger partial charge in [0.1, 0.15) is 11.2 Å². The van der Waals surface area contributed by atoms with Crippen LogP contribution in [0.3, 0.4) is 0 Å². The largest absolute Gasteiger partial charge is 0.352 e. The molecule has 0 fully saturated rings. The number of nitrogens with zero attached hydrogens (tertiary/aromatic N) is 3. The van der Waals surface area contributed by atoms with E-state index in [2.05, 4.69) is 63.6 Å². The molecule has 0 atom stereocenters. The van der Waals surface area contributed by atoms with Crippen molar-refractivity contribution >= 4 is 21.9 Å². The Kier molecular flexibility index (Phi) is 4.33. The molecule has 6 nitrogen and oxygen atoms in total. The van der Waals surface area contributed by atoms with Crippen molar-refractivity contribution in [2.24, 2.45) is 0 Å². The molecule has 3 N–H and O–H groups in total. The maximum atomic E-state index is 4.96. The van der Waals surface area contributed by atoms with Gasteiger partial charge in [0.15, 0.2) is 0 Å². The highest BCUT2D eigenvalue weighted by atomic mass is 15.1. The van der Waals surface area contributed by atoms with Gasteiger partial charge in [0, 0.05) is 23.7 Å². The van der Waals surface area contributed by atoms with E-state index < -0.39 is 0 Å². The van der Waals surface area contributed by atoms with Gasteiger partial charge in [-0.3, -0.25) is 10.1 Å². The van der Waals surface area contributed by atoms with Crippen LogP contribution in [0.5, 0.6) is 0 Å². The molecular formula is C23H22N6. The van der Waals surface area contributed by atoms with Crippen LogP contribution >= 0.6 is 0 Å². The second kappa shape index (κ2) is 7.14. The van der Waals surface area contributed by atoms with Gasteiger partial charge in [-0.15, -0.1) is 0 Å². The molecule has 4 aromatic heterocycles. The Morgan fingerprint density at radius 2 is 1.97 bits per heavy atom. The van der Waals surface area contributed by atoms with Gasteiger partial charge in [-0.2, -0.15) is 5.10 Å². The summed E-state index contributed by atoms with van der Waals surface area (Å²) in [6, 6.07) is 14.8. The van der Waals surface area contributed by atoms with Crippen LogP contribution in [-0.4, -0.2) is 31.7 Å². The summed E-state index contributed by atoms with van der Waals surface area (Å²) in [5, 5.41) is 12.1. The highest BCUT2D eigenvalue weighted by Gasteiger charge is 2.14. The second-order valence-corrected chi connectivity index (χ2v) is 7.30. The molecule has 0 aliphatic heterocycles. The first-order chi connectivity index (χ1) is 14.2. The van der Waals surface area contributed by atoms with Crippen LogP contribution in [0.25, 0.3) is 44.6 Å². The molecule has 29 heavy (non-hydrogen) atoms. The van der Waals surface area contributed by atoms with Crippen molar-refractivity contribution in [3.63, 3.8) is 0 Å². The Hall–Kier alpha value is -3.51. The lowest BCUT2D eigenvalue weighted by molar-refractivity contribution is 0.726. The summed E-state index contributed by atoms with van der Waals surface area (Å²) in [5.41, 5.74) is 9.07. The molecule has 0 amide bonds. The molecule has 0 spiro atoms. The standard InChI is InChI=1S/C23H22N6/c1-3-24-12-15-8-14(2)9-17(10-15)18-4-5-19-22(27-18)23(29-28-19)20-11-16-6-7-25-13-21(16)26-20/h4-11,13,24,26H,3,12H2,1-2H3,(H,28,29). The van der Waals surface area contributed by atoms with Gasteiger partial charge in [0.25, 0.3) is 0 Å². The molecule has 0 radical (unpaired) electrons. The van der Waals surface area contributed by atoms with Crippen molar-refractivity contribution in [1.29, 1.82) is 0 Å². The first kappa shape index (κ1) is 17.6.